The molecule has 0 spiro atoms. The summed E-state index contributed by atoms with van der Waals surface area (Å²) in [5.41, 5.74) is 8.60. The van der Waals surface area contributed by atoms with Crippen molar-refractivity contribution in [1.29, 1.82) is 0 Å². The quantitative estimate of drug-likeness (QED) is 0.579. The highest BCUT2D eigenvalue weighted by Crippen LogP contribution is 2.38. The van der Waals surface area contributed by atoms with Crippen molar-refractivity contribution in [2.45, 2.75) is 40.0 Å². The van der Waals surface area contributed by atoms with Crippen LogP contribution in [0.3, 0.4) is 0 Å². The zero-order valence-electron chi connectivity index (χ0n) is 12.6. The predicted octanol–water partition coefficient (Wildman–Crippen LogP) is 6.21. The van der Waals surface area contributed by atoms with Gasteiger partial charge in [-0.05, 0) is 85.7 Å². The summed E-state index contributed by atoms with van der Waals surface area (Å²) in [6, 6.07) is 8.14. The highest BCUT2D eigenvalue weighted by molar-refractivity contribution is 6.31. The smallest absolute Gasteiger partial charge is 0.0843 e. The number of hydrogen-bond acceptors (Lipinski definition) is 0. The Hall–Kier alpha value is -0.980. The Labute approximate surface area is 131 Å². The third-order valence-corrected chi connectivity index (χ3v) is 4.88. The Morgan fingerprint density at radius 2 is 1.35 bits per heavy atom. The van der Waals surface area contributed by atoms with Crippen molar-refractivity contribution in [3.05, 3.63) is 68.2 Å². The van der Waals surface area contributed by atoms with Crippen LogP contribution in [0.25, 0.3) is 0 Å². The minimum absolute atomic E-state index is 0.160. The molecule has 1 atom stereocenters. The third kappa shape index (κ3) is 2.73. The van der Waals surface area contributed by atoms with Gasteiger partial charge in [0.1, 0.15) is 0 Å². The van der Waals surface area contributed by atoms with Crippen LogP contribution in [0.15, 0.2) is 24.3 Å². The monoisotopic (exact) mass is 306 g/mol. The highest BCUT2D eigenvalue weighted by Gasteiger charge is 2.20. The molecule has 0 heterocycles. The van der Waals surface area contributed by atoms with Crippen LogP contribution < -0.4 is 0 Å². The molecule has 1 unspecified atom stereocenters. The van der Waals surface area contributed by atoms with E-state index in [9.17, 15) is 0 Å². The molecule has 2 aromatic carbocycles. The Bertz CT molecular complexity index is 631. The lowest BCUT2D eigenvalue weighted by Gasteiger charge is -2.21. The Balaban J connectivity index is 2.65. The first-order chi connectivity index (χ1) is 9.32. The van der Waals surface area contributed by atoms with Crippen molar-refractivity contribution < 1.29 is 0 Å². The van der Waals surface area contributed by atoms with E-state index in [1.54, 1.807) is 0 Å². The normalized spacial score (nSPS) is 12.6. The second-order valence-electron chi connectivity index (χ2n) is 5.54. The zero-order valence-corrected chi connectivity index (χ0v) is 14.2. The molecule has 0 aliphatic carbocycles. The lowest BCUT2D eigenvalue weighted by atomic mass is 9.89. The largest absolute Gasteiger partial charge is 0.113 e. The fourth-order valence-electron chi connectivity index (χ4n) is 2.67. The van der Waals surface area contributed by atoms with Gasteiger partial charge in [0.2, 0.25) is 0 Å². The van der Waals surface area contributed by atoms with Gasteiger partial charge in [0.15, 0.2) is 0 Å². The first kappa shape index (κ1) is 15.4. The van der Waals surface area contributed by atoms with Crippen molar-refractivity contribution in [3.8, 4) is 0 Å². The van der Waals surface area contributed by atoms with Gasteiger partial charge in [-0.15, -0.1) is 11.6 Å². The maximum atomic E-state index is 6.80. The van der Waals surface area contributed by atoms with Crippen molar-refractivity contribution in [3.63, 3.8) is 0 Å². The number of benzene rings is 2. The highest BCUT2D eigenvalue weighted by atomic mass is 35.5. The van der Waals surface area contributed by atoms with Gasteiger partial charge < -0.3 is 0 Å². The van der Waals surface area contributed by atoms with Gasteiger partial charge >= 0.3 is 0 Å². The van der Waals surface area contributed by atoms with Gasteiger partial charge in [-0.3, -0.25) is 0 Å². The van der Waals surface area contributed by atoms with E-state index < -0.39 is 0 Å². The number of rotatable bonds is 2. The summed E-state index contributed by atoms with van der Waals surface area (Å²) in [6.07, 6.45) is 0. The van der Waals surface area contributed by atoms with Crippen LogP contribution in [0, 0.1) is 34.6 Å². The molecule has 2 aromatic rings. The second-order valence-corrected chi connectivity index (χ2v) is 6.41. The van der Waals surface area contributed by atoms with Gasteiger partial charge in [0, 0.05) is 5.02 Å². The molecule has 2 rings (SSSR count). The number of hydrogen-bond donors (Lipinski definition) is 0. The molecule has 0 bridgehead atoms. The number of alkyl halides is 1. The van der Waals surface area contributed by atoms with Gasteiger partial charge in [-0.2, -0.15) is 0 Å². The van der Waals surface area contributed by atoms with Crippen molar-refractivity contribution in [2.75, 3.05) is 0 Å². The molecule has 0 amide bonds. The fraction of sp³-hybridized carbons (Fsp3) is 0.333. The summed E-state index contributed by atoms with van der Waals surface area (Å²) in [5.74, 6) is 0. The Kier molecular flexibility index (Phi) is 4.46. The fourth-order valence-corrected chi connectivity index (χ4v) is 3.41. The molecule has 2 heteroatoms. The van der Waals surface area contributed by atoms with Crippen LogP contribution in [0.4, 0.5) is 0 Å². The summed E-state index contributed by atoms with van der Waals surface area (Å²) in [5, 5.41) is 0.572. The summed E-state index contributed by atoms with van der Waals surface area (Å²) in [4.78, 5) is 0. The molecule has 0 radical (unpaired) electrons. The van der Waals surface area contributed by atoms with Crippen LogP contribution in [0.2, 0.25) is 5.02 Å². The molecule has 0 saturated carbocycles. The molecular weight excluding hydrogens is 287 g/mol. The molecule has 106 valence electrons. The van der Waals surface area contributed by atoms with Crippen molar-refractivity contribution >= 4 is 23.2 Å². The maximum Gasteiger partial charge on any atom is 0.0843 e. The van der Waals surface area contributed by atoms with Crippen molar-refractivity contribution in [2.24, 2.45) is 0 Å². The topological polar surface area (TPSA) is 0 Å². The van der Waals surface area contributed by atoms with E-state index in [4.69, 9.17) is 23.2 Å². The van der Waals surface area contributed by atoms with E-state index in [0.29, 0.717) is 0 Å². The molecule has 0 aliphatic rings. The summed E-state index contributed by atoms with van der Waals surface area (Å²) >= 11 is 12.9. The van der Waals surface area contributed by atoms with Crippen LogP contribution in [0.5, 0.6) is 0 Å². The minimum Gasteiger partial charge on any atom is -0.113 e. The summed E-state index contributed by atoms with van der Waals surface area (Å²) in [7, 11) is 0. The SMILES string of the molecule is Cc1ccc(Cl)cc1C(Cl)c1c(C)c(C)cc(C)c1C. The van der Waals surface area contributed by atoms with E-state index >= 15 is 0 Å². The van der Waals surface area contributed by atoms with E-state index in [2.05, 4.69) is 40.7 Å². The average molecular weight is 307 g/mol. The lowest BCUT2D eigenvalue weighted by molar-refractivity contribution is 1.04. The lowest BCUT2D eigenvalue weighted by Crippen LogP contribution is -2.05. The summed E-state index contributed by atoms with van der Waals surface area (Å²) < 4.78 is 0. The first-order valence-electron chi connectivity index (χ1n) is 6.80. The third-order valence-electron chi connectivity index (χ3n) is 4.19. The molecule has 0 saturated heterocycles. The molecule has 0 aliphatic heterocycles. The van der Waals surface area contributed by atoms with Crippen LogP contribution in [-0.4, -0.2) is 0 Å². The van der Waals surface area contributed by atoms with Crippen molar-refractivity contribution in [1.82, 2.24) is 0 Å². The Morgan fingerprint density at radius 1 is 0.800 bits per heavy atom. The second kappa shape index (κ2) is 5.79. The van der Waals surface area contributed by atoms with Crippen LogP contribution in [0.1, 0.15) is 44.3 Å². The van der Waals surface area contributed by atoms with Crippen LogP contribution >= 0.6 is 23.2 Å². The standard InChI is InChI=1S/C18H20Cl2/c1-10-6-7-15(19)9-16(10)18(20)17-13(4)11(2)8-12(3)14(17)5/h6-9,18H,1-5H3. The predicted molar refractivity (Wildman–Crippen MR) is 89.3 cm³/mol. The van der Waals surface area contributed by atoms with Crippen LogP contribution in [-0.2, 0) is 0 Å². The van der Waals surface area contributed by atoms with Gasteiger partial charge in [-0.25, -0.2) is 0 Å². The van der Waals surface area contributed by atoms with E-state index in [-0.39, 0.29) is 5.38 Å². The molecule has 0 N–H and O–H groups in total. The summed E-state index contributed by atoms with van der Waals surface area (Å²) in [6.45, 7) is 10.6. The zero-order chi connectivity index (χ0) is 15.0. The molecule has 0 fully saturated rings. The van der Waals surface area contributed by atoms with Gasteiger partial charge in [0.05, 0.1) is 5.38 Å². The average Bonchev–Trinajstić information content (AvgIpc) is 2.39. The molecular formula is C18H20Cl2. The number of aryl methyl sites for hydroxylation is 3. The molecule has 20 heavy (non-hydrogen) atoms. The minimum atomic E-state index is -0.160. The first-order valence-corrected chi connectivity index (χ1v) is 7.61. The van der Waals surface area contributed by atoms with E-state index in [0.717, 1.165) is 10.6 Å². The van der Waals surface area contributed by atoms with Gasteiger partial charge in [0.25, 0.3) is 0 Å². The van der Waals surface area contributed by atoms with E-state index in [1.807, 2.05) is 18.2 Å². The number of halogens is 2. The van der Waals surface area contributed by atoms with Gasteiger partial charge in [-0.1, -0.05) is 23.7 Å². The molecule has 0 aromatic heterocycles. The molecule has 0 nitrogen and oxygen atoms in total. The maximum absolute atomic E-state index is 6.80. The van der Waals surface area contributed by atoms with E-state index in [1.165, 1.54) is 33.4 Å². The Morgan fingerprint density at radius 3 is 1.90 bits per heavy atom.